The van der Waals surface area contributed by atoms with E-state index in [9.17, 15) is 26.3 Å². The van der Waals surface area contributed by atoms with Gasteiger partial charge in [-0.05, 0) is 24.3 Å². The second-order valence-electron chi connectivity index (χ2n) is 5.27. The molecule has 0 aromatic heterocycles. The third-order valence-electron chi connectivity index (χ3n) is 3.15. The minimum Gasteiger partial charge on any atom is -0.224 e. The van der Waals surface area contributed by atoms with Crippen molar-refractivity contribution in [2.45, 2.75) is 12.4 Å². The van der Waals surface area contributed by atoms with Gasteiger partial charge in [0.05, 0.1) is 0 Å². The number of para-hydroxylation sites is 2. The maximum Gasteiger partial charge on any atom is 0.426 e. The third-order valence-corrected chi connectivity index (χ3v) is 3.15. The van der Waals surface area contributed by atoms with Crippen LogP contribution in [0.4, 0.5) is 37.7 Å². The van der Waals surface area contributed by atoms with Gasteiger partial charge in [0, 0.05) is 0 Å². The molecule has 2 nitrogen and oxygen atoms in total. The zero-order valence-corrected chi connectivity index (χ0v) is 12.9. The van der Waals surface area contributed by atoms with E-state index in [4.69, 9.17) is 0 Å². The topological polar surface area (TPSA) is 6.25 Å². The third kappa shape index (κ3) is 6.48. The summed E-state index contributed by atoms with van der Waals surface area (Å²) >= 11 is 0. The van der Waals surface area contributed by atoms with Crippen LogP contribution < -0.4 is 4.90 Å². The van der Waals surface area contributed by atoms with Crippen molar-refractivity contribution in [3.8, 4) is 0 Å². The maximum absolute atomic E-state index is 12.9. The van der Waals surface area contributed by atoms with Crippen molar-refractivity contribution in [1.82, 2.24) is 0 Å². The molecule has 2 rings (SSSR count). The van der Waals surface area contributed by atoms with Crippen molar-refractivity contribution < 1.29 is 30.9 Å². The van der Waals surface area contributed by atoms with Gasteiger partial charge in [-0.15, -0.1) is 0 Å². The molecule has 0 amide bonds. The highest BCUT2D eigenvalue weighted by molar-refractivity contribution is 5.76. The Morgan fingerprint density at radius 2 is 1.28 bits per heavy atom. The van der Waals surface area contributed by atoms with Gasteiger partial charge in [-0.25, -0.2) is 9.48 Å². The van der Waals surface area contributed by atoms with Crippen LogP contribution in [-0.2, 0) is 0 Å². The molecular weight excluding hydrogens is 346 g/mol. The molecule has 0 fully saturated rings. The molecule has 0 heterocycles. The van der Waals surface area contributed by atoms with Crippen LogP contribution in [0.3, 0.4) is 0 Å². The second-order valence-corrected chi connectivity index (χ2v) is 5.27. The molecule has 2 aromatic carbocycles. The predicted molar refractivity (Wildman–Crippen MR) is 83.2 cm³/mol. The van der Waals surface area contributed by atoms with Crippen LogP contribution >= 0.6 is 0 Å². The molecule has 0 aliphatic carbocycles. The minimum absolute atomic E-state index is 0.142. The SMILES string of the molecule is FC(F)(F)CN(C=[N+](CC(F)(F)F)c1ccccc1)c1ccccc1. The maximum atomic E-state index is 12.9. The van der Waals surface area contributed by atoms with E-state index in [0.29, 0.717) is 0 Å². The lowest BCUT2D eigenvalue weighted by atomic mass is 10.3. The van der Waals surface area contributed by atoms with Gasteiger partial charge in [0.15, 0.2) is 13.1 Å². The monoisotopic (exact) mass is 361 g/mol. The lowest BCUT2D eigenvalue weighted by Gasteiger charge is -2.18. The molecule has 0 N–H and O–H groups in total. The molecule has 0 aliphatic rings. The standard InChI is InChI=1S/C17H15F6N2/c18-16(19,20)11-24(14-7-3-1-4-8-14)13-25(12-17(21,22)23)15-9-5-2-6-10-15/h1-10,13H,11-12H2/q+1. The summed E-state index contributed by atoms with van der Waals surface area (Å²) < 4.78 is 78.0. The van der Waals surface area contributed by atoms with Crippen molar-refractivity contribution in [2.75, 3.05) is 18.0 Å². The summed E-state index contributed by atoms with van der Waals surface area (Å²) in [7, 11) is 0. The summed E-state index contributed by atoms with van der Waals surface area (Å²) in [6, 6.07) is 14.9. The Kier molecular flexibility index (Phi) is 5.71. The quantitative estimate of drug-likeness (QED) is 0.315. The van der Waals surface area contributed by atoms with Crippen LogP contribution in [0.5, 0.6) is 0 Å². The van der Waals surface area contributed by atoms with Crippen molar-refractivity contribution in [3.63, 3.8) is 0 Å². The Morgan fingerprint density at radius 1 is 0.760 bits per heavy atom. The number of benzene rings is 2. The number of hydrogen-bond acceptors (Lipinski definition) is 0. The van der Waals surface area contributed by atoms with E-state index >= 15 is 0 Å². The Labute approximate surface area is 140 Å². The van der Waals surface area contributed by atoms with Crippen LogP contribution in [0.1, 0.15) is 0 Å². The lowest BCUT2D eigenvalue weighted by molar-refractivity contribution is -0.480. The molecule has 8 heteroatoms. The number of hydrogen-bond donors (Lipinski definition) is 0. The average molecular weight is 361 g/mol. The smallest absolute Gasteiger partial charge is 0.224 e. The molecule has 0 saturated carbocycles. The number of nitrogens with zero attached hydrogens (tertiary/aromatic N) is 2. The van der Waals surface area contributed by atoms with E-state index in [1.807, 2.05) is 0 Å². The molecule has 25 heavy (non-hydrogen) atoms. The fourth-order valence-corrected chi connectivity index (χ4v) is 2.19. The van der Waals surface area contributed by atoms with Gasteiger partial charge >= 0.3 is 12.4 Å². The second kappa shape index (κ2) is 7.58. The first-order valence-electron chi connectivity index (χ1n) is 7.26. The average Bonchev–Trinajstić information content (AvgIpc) is 2.53. The van der Waals surface area contributed by atoms with Gasteiger partial charge in [0.2, 0.25) is 6.34 Å². The van der Waals surface area contributed by atoms with Gasteiger partial charge in [-0.1, -0.05) is 36.4 Å². The van der Waals surface area contributed by atoms with E-state index in [2.05, 4.69) is 0 Å². The highest BCUT2D eigenvalue weighted by atomic mass is 19.4. The molecule has 0 atom stereocenters. The largest absolute Gasteiger partial charge is 0.426 e. The molecule has 0 unspecified atom stereocenters. The highest BCUT2D eigenvalue weighted by Crippen LogP contribution is 2.23. The summed E-state index contributed by atoms with van der Waals surface area (Å²) in [6.45, 7) is -2.81. The molecule has 0 bridgehead atoms. The normalized spacial score (nSPS) is 13.0. The zero-order chi connectivity index (χ0) is 18.5. The summed E-state index contributed by atoms with van der Waals surface area (Å²) in [5, 5.41) is 0. The molecule has 0 aliphatic heterocycles. The van der Waals surface area contributed by atoms with Crippen LogP contribution in [0.25, 0.3) is 0 Å². The highest BCUT2D eigenvalue weighted by Gasteiger charge is 2.37. The minimum atomic E-state index is -4.58. The Bertz CT molecular complexity index is 693. The van der Waals surface area contributed by atoms with Gasteiger partial charge < -0.3 is 0 Å². The molecular formula is C17H15F6N2+. The molecule has 0 radical (unpaired) electrons. The van der Waals surface area contributed by atoms with Crippen LogP contribution in [0, 0.1) is 0 Å². The van der Waals surface area contributed by atoms with Crippen molar-refractivity contribution in [1.29, 1.82) is 0 Å². The van der Waals surface area contributed by atoms with Gasteiger partial charge in [0.1, 0.15) is 11.4 Å². The summed E-state index contributed by atoms with van der Waals surface area (Å²) in [4.78, 5) is 0.749. The van der Waals surface area contributed by atoms with E-state index < -0.39 is 25.4 Å². The van der Waals surface area contributed by atoms with E-state index in [0.717, 1.165) is 15.8 Å². The Hall–Kier alpha value is -2.51. The molecule has 2 aromatic rings. The number of anilines is 1. The number of rotatable bonds is 5. The van der Waals surface area contributed by atoms with E-state index in [-0.39, 0.29) is 11.4 Å². The van der Waals surface area contributed by atoms with Gasteiger partial charge in [0.25, 0.3) is 0 Å². The summed E-state index contributed by atoms with van der Waals surface area (Å²) in [5.74, 6) is 0. The van der Waals surface area contributed by atoms with Crippen molar-refractivity contribution in [3.05, 3.63) is 60.7 Å². The van der Waals surface area contributed by atoms with Crippen LogP contribution in [0.2, 0.25) is 0 Å². The van der Waals surface area contributed by atoms with Crippen molar-refractivity contribution in [2.24, 2.45) is 0 Å². The molecule has 0 saturated heterocycles. The van der Waals surface area contributed by atoms with Gasteiger partial charge in [-0.3, -0.25) is 0 Å². The fraction of sp³-hybridized carbons (Fsp3) is 0.235. The number of halogens is 6. The Balaban J connectivity index is 2.47. The molecule has 134 valence electrons. The van der Waals surface area contributed by atoms with Crippen molar-refractivity contribution >= 4 is 17.7 Å². The van der Waals surface area contributed by atoms with Crippen LogP contribution in [-0.4, -0.2) is 36.4 Å². The van der Waals surface area contributed by atoms with Gasteiger partial charge in [-0.2, -0.15) is 26.3 Å². The zero-order valence-electron chi connectivity index (χ0n) is 12.9. The van der Waals surface area contributed by atoms with E-state index in [1.54, 1.807) is 12.1 Å². The fourth-order valence-electron chi connectivity index (χ4n) is 2.19. The first-order valence-corrected chi connectivity index (χ1v) is 7.26. The van der Waals surface area contributed by atoms with Crippen LogP contribution in [0.15, 0.2) is 60.7 Å². The molecule has 0 spiro atoms. The predicted octanol–water partition coefficient (Wildman–Crippen LogP) is 4.99. The first-order chi connectivity index (χ1) is 11.6. The van der Waals surface area contributed by atoms with E-state index in [1.165, 1.54) is 48.5 Å². The lowest BCUT2D eigenvalue weighted by Crippen LogP contribution is -2.37. The number of alkyl halides is 6. The first kappa shape index (κ1) is 18.8. The Morgan fingerprint density at radius 3 is 1.76 bits per heavy atom. The summed E-state index contributed by atoms with van der Waals surface area (Å²) in [5.41, 5.74) is 0.283. The summed E-state index contributed by atoms with van der Waals surface area (Å²) in [6.07, 6.45) is -8.31.